The predicted molar refractivity (Wildman–Crippen MR) is 80.9 cm³/mol. The van der Waals surface area contributed by atoms with Crippen LogP contribution in [0.25, 0.3) is 0 Å². The quantitative estimate of drug-likeness (QED) is 0.638. The number of nitrogens with zero attached hydrogens (tertiary/aromatic N) is 1. The van der Waals surface area contributed by atoms with Crippen molar-refractivity contribution in [1.82, 2.24) is 10.2 Å². The number of hydrogen-bond donors (Lipinski definition) is 2. The fourth-order valence-corrected chi connectivity index (χ4v) is 3.77. The van der Waals surface area contributed by atoms with Crippen LogP contribution in [0, 0.1) is 5.92 Å². The van der Waals surface area contributed by atoms with Gasteiger partial charge in [0, 0.05) is 12.6 Å². The molecular weight excluding hydrogens is 252 g/mol. The third kappa shape index (κ3) is 3.73. The number of aliphatic carboxylic acids is 1. The van der Waals surface area contributed by atoms with Gasteiger partial charge in [-0.1, -0.05) is 6.92 Å². The van der Waals surface area contributed by atoms with E-state index in [2.05, 4.69) is 17.1 Å². The van der Waals surface area contributed by atoms with E-state index in [0.29, 0.717) is 0 Å². The van der Waals surface area contributed by atoms with Gasteiger partial charge in [0.2, 0.25) is 0 Å². The summed E-state index contributed by atoms with van der Waals surface area (Å²) in [4.78, 5) is 14.0. The van der Waals surface area contributed by atoms with Crippen molar-refractivity contribution in [3.8, 4) is 0 Å². The van der Waals surface area contributed by atoms with Gasteiger partial charge in [-0.2, -0.15) is 0 Å². The van der Waals surface area contributed by atoms with Gasteiger partial charge in [-0.3, -0.25) is 4.79 Å². The SMILES string of the molecule is CCCNC(C)(CCCCN1CC2CCC1C2)C(=O)O. The maximum atomic E-state index is 11.4. The van der Waals surface area contributed by atoms with Crippen molar-refractivity contribution in [2.75, 3.05) is 19.6 Å². The lowest BCUT2D eigenvalue weighted by molar-refractivity contribution is -0.144. The zero-order valence-corrected chi connectivity index (χ0v) is 13.0. The van der Waals surface area contributed by atoms with Crippen LogP contribution in [-0.4, -0.2) is 47.2 Å². The minimum atomic E-state index is -0.750. The number of carboxylic acids is 1. The maximum Gasteiger partial charge on any atom is 0.323 e. The van der Waals surface area contributed by atoms with Crippen molar-refractivity contribution < 1.29 is 9.90 Å². The van der Waals surface area contributed by atoms with E-state index in [1.54, 1.807) is 0 Å². The van der Waals surface area contributed by atoms with Gasteiger partial charge in [0.05, 0.1) is 0 Å². The summed E-state index contributed by atoms with van der Waals surface area (Å²) in [7, 11) is 0. The lowest BCUT2D eigenvalue weighted by Crippen LogP contribution is -2.49. The first-order valence-electron chi connectivity index (χ1n) is 8.27. The molecule has 3 atom stereocenters. The first kappa shape index (κ1) is 15.8. The second-order valence-electron chi connectivity index (χ2n) is 6.85. The second-order valence-corrected chi connectivity index (χ2v) is 6.85. The molecule has 1 heterocycles. The third-order valence-corrected chi connectivity index (χ3v) is 5.13. The molecule has 1 aliphatic heterocycles. The van der Waals surface area contributed by atoms with Crippen LogP contribution in [0.5, 0.6) is 0 Å². The van der Waals surface area contributed by atoms with Crippen LogP contribution in [0.3, 0.4) is 0 Å². The van der Waals surface area contributed by atoms with Gasteiger partial charge in [0.1, 0.15) is 5.54 Å². The molecule has 20 heavy (non-hydrogen) atoms. The smallest absolute Gasteiger partial charge is 0.323 e. The molecule has 4 heteroatoms. The molecule has 0 radical (unpaired) electrons. The Labute approximate surface area is 122 Å². The number of hydrogen-bond acceptors (Lipinski definition) is 3. The molecule has 3 unspecified atom stereocenters. The van der Waals surface area contributed by atoms with Crippen LogP contribution in [0.15, 0.2) is 0 Å². The lowest BCUT2D eigenvalue weighted by Gasteiger charge is -2.28. The minimum Gasteiger partial charge on any atom is -0.480 e. The molecule has 1 aliphatic carbocycles. The highest BCUT2D eigenvalue weighted by Crippen LogP contribution is 2.37. The average molecular weight is 282 g/mol. The molecule has 1 saturated carbocycles. The Hall–Kier alpha value is -0.610. The maximum absolute atomic E-state index is 11.4. The number of fused-ring (bicyclic) bond motifs is 2. The molecule has 116 valence electrons. The number of piperidine rings is 1. The van der Waals surface area contributed by atoms with Gasteiger partial charge < -0.3 is 15.3 Å². The van der Waals surface area contributed by atoms with Crippen molar-refractivity contribution in [1.29, 1.82) is 0 Å². The summed E-state index contributed by atoms with van der Waals surface area (Å²) in [5, 5.41) is 12.6. The molecule has 2 N–H and O–H groups in total. The summed E-state index contributed by atoms with van der Waals surface area (Å²) in [5.41, 5.74) is -0.750. The van der Waals surface area contributed by atoms with Crippen LogP contribution in [-0.2, 0) is 4.79 Å². The summed E-state index contributed by atoms with van der Waals surface area (Å²) in [5.74, 6) is 0.238. The molecule has 0 aromatic carbocycles. The largest absolute Gasteiger partial charge is 0.480 e. The Kier molecular flexibility index (Phi) is 5.44. The Bertz CT molecular complexity index is 334. The van der Waals surface area contributed by atoms with Gasteiger partial charge >= 0.3 is 5.97 Å². The van der Waals surface area contributed by atoms with E-state index in [9.17, 15) is 9.90 Å². The van der Waals surface area contributed by atoms with Crippen LogP contribution < -0.4 is 5.32 Å². The Balaban J connectivity index is 1.67. The third-order valence-electron chi connectivity index (χ3n) is 5.13. The Morgan fingerprint density at radius 3 is 2.75 bits per heavy atom. The standard InChI is InChI=1S/C16H30N2O2/c1-3-9-17-16(2,15(19)20)8-4-5-10-18-12-13-6-7-14(18)11-13/h13-14,17H,3-12H2,1-2H3,(H,19,20). The monoisotopic (exact) mass is 282 g/mol. The van der Waals surface area contributed by atoms with Crippen molar-refractivity contribution >= 4 is 5.97 Å². The van der Waals surface area contributed by atoms with E-state index in [1.165, 1.54) is 25.8 Å². The van der Waals surface area contributed by atoms with Crippen molar-refractivity contribution in [2.24, 2.45) is 5.92 Å². The number of rotatable bonds is 9. The molecule has 2 aliphatic rings. The van der Waals surface area contributed by atoms with E-state index < -0.39 is 11.5 Å². The summed E-state index contributed by atoms with van der Waals surface area (Å²) >= 11 is 0. The van der Waals surface area contributed by atoms with Gasteiger partial charge in [-0.15, -0.1) is 0 Å². The molecule has 2 fully saturated rings. The predicted octanol–water partition coefficient (Wildman–Crippen LogP) is 2.48. The van der Waals surface area contributed by atoms with Gasteiger partial charge in [0.25, 0.3) is 0 Å². The lowest BCUT2D eigenvalue weighted by atomic mass is 9.94. The van der Waals surface area contributed by atoms with E-state index in [1.807, 2.05) is 6.92 Å². The number of carbonyl (C=O) groups is 1. The molecule has 4 nitrogen and oxygen atoms in total. The summed E-state index contributed by atoms with van der Waals surface area (Å²) in [6.45, 7) is 7.11. The highest BCUT2D eigenvalue weighted by Gasteiger charge is 2.37. The fraction of sp³-hybridized carbons (Fsp3) is 0.938. The molecule has 0 amide bonds. The van der Waals surface area contributed by atoms with Crippen molar-refractivity contribution in [3.05, 3.63) is 0 Å². The number of unbranched alkanes of at least 4 members (excludes halogenated alkanes) is 1. The van der Waals surface area contributed by atoms with E-state index >= 15 is 0 Å². The molecule has 0 spiro atoms. The van der Waals surface area contributed by atoms with E-state index in [0.717, 1.165) is 50.7 Å². The van der Waals surface area contributed by atoms with Crippen molar-refractivity contribution in [2.45, 2.75) is 70.4 Å². The van der Waals surface area contributed by atoms with Crippen LogP contribution in [0.2, 0.25) is 0 Å². The number of likely N-dealkylation sites (tertiary alicyclic amines) is 1. The molecule has 2 bridgehead atoms. The number of nitrogens with one attached hydrogen (secondary N) is 1. The van der Waals surface area contributed by atoms with Crippen LogP contribution in [0.1, 0.15) is 58.8 Å². The molecule has 1 saturated heterocycles. The van der Waals surface area contributed by atoms with Crippen LogP contribution >= 0.6 is 0 Å². The normalized spacial score (nSPS) is 28.7. The second kappa shape index (κ2) is 6.90. The van der Waals surface area contributed by atoms with Gasteiger partial charge in [-0.05, 0) is 70.9 Å². The zero-order valence-electron chi connectivity index (χ0n) is 13.0. The van der Waals surface area contributed by atoms with Crippen LogP contribution in [0.4, 0.5) is 0 Å². The first-order chi connectivity index (χ1) is 9.55. The summed E-state index contributed by atoms with van der Waals surface area (Å²) in [6.07, 6.45) is 8.04. The molecule has 0 aromatic rings. The van der Waals surface area contributed by atoms with E-state index in [4.69, 9.17) is 0 Å². The minimum absolute atomic E-state index is 0.717. The average Bonchev–Trinajstić information content (AvgIpc) is 3.03. The number of carboxylic acid groups (broad SMARTS) is 1. The van der Waals surface area contributed by atoms with E-state index in [-0.39, 0.29) is 0 Å². The van der Waals surface area contributed by atoms with Gasteiger partial charge in [-0.25, -0.2) is 0 Å². The molecule has 0 aromatic heterocycles. The molecular formula is C16H30N2O2. The highest BCUT2D eigenvalue weighted by atomic mass is 16.4. The topological polar surface area (TPSA) is 52.6 Å². The highest BCUT2D eigenvalue weighted by molar-refractivity contribution is 5.78. The zero-order chi connectivity index (χ0) is 14.6. The van der Waals surface area contributed by atoms with Gasteiger partial charge in [0.15, 0.2) is 0 Å². The first-order valence-corrected chi connectivity index (χ1v) is 8.27. The summed E-state index contributed by atoms with van der Waals surface area (Å²) in [6, 6.07) is 0.837. The van der Waals surface area contributed by atoms with Crippen molar-refractivity contribution in [3.63, 3.8) is 0 Å². The molecule has 2 rings (SSSR count). The summed E-state index contributed by atoms with van der Waals surface area (Å²) < 4.78 is 0. The Morgan fingerprint density at radius 2 is 2.20 bits per heavy atom. The fourth-order valence-electron chi connectivity index (χ4n) is 3.77. The Morgan fingerprint density at radius 1 is 1.40 bits per heavy atom.